The number of hydrogen-bond donors (Lipinski definition) is 4. The van der Waals surface area contributed by atoms with E-state index in [9.17, 15) is 15.2 Å². The van der Waals surface area contributed by atoms with Gasteiger partial charge in [-0.1, -0.05) is 0 Å². The standard InChI is InChI=1S/C26H31N7O5/c27-9-19-18-8-15(7-16(18)11-30-24(19)37-14-26(28)4-5-26)10-29-6-3-17-12-33(25(35)38-17)21-2-1-20-23(31-21)32-22(34)13-36-20/h1-2,11,15,17,25,29,35H,3-8,10,12-14,28H2,(H,31,32,34). The minimum absolute atomic E-state index is 0.0350. The van der Waals surface area contributed by atoms with E-state index in [2.05, 4.69) is 26.7 Å². The Morgan fingerprint density at radius 1 is 1.37 bits per heavy atom. The summed E-state index contributed by atoms with van der Waals surface area (Å²) in [5.41, 5.74) is 8.52. The highest BCUT2D eigenvalue weighted by atomic mass is 16.6. The maximum atomic E-state index is 11.6. The van der Waals surface area contributed by atoms with Crippen LogP contribution in [0.5, 0.6) is 11.6 Å². The van der Waals surface area contributed by atoms with Crippen molar-refractivity contribution in [2.45, 2.75) is 50.2 Å². The third kappa shape index (κ3) is 5.10. The molecule has 2 aromatic rings. The van der Waals surface area contributed by atoms with Gasteiger partial charge in [0.15, 0.2) is 18.2 Å². The van der Waals surface area contributed by atoms with Crippen LogP contribution < -0.4 is 30.7 Å². The van der Waals surface area contributed by atoms with E-state index in [0.717, 1.165) is 49.9 Å². The van der Waals surface area contributed by atoms with Crippen molar-refractivity contribution in [2.75, 3.05) is 43.1 Å². The zero-order valence-electron chi connectivity index (χ0n) is 21.0. The molecule has 4 heterocycles. The maximum absolute atomic E-state index is 11.6. The lowest BCUT2D eigenvalue weighted by Crippen LogP contribution is -2.32. The summed E-state index contributed by atoms with van der Waals surface area (Å²) in [6.45, 7) is 2.35. The SMILES string of the molecule is N#Cc1c(OCC2(N)CC2)ncc2c1CC(CNCCC1CN(c3ccc4c(n3)NC(=O)CO4)C(O)O1)C2. The minimum Gasteiger partial charge on any atom is -0.480 e. The van der Waals surface area contributed by atoms with Gasteiger partial charge in [0, 0.05) is 6.20 Å². The molecule has 12 heteroatoms. The number of nitrogens with zero attached hydrogens (tertiary/aromatic N) is 4. The van der Waals surface area contributed by atoms with Crippen LogP contribution in [0.25, 0.3) is 0 Å². The van der Waals surface area contributed by atoms with Gasteiger partial charge >= 0.3 is 0 Å². The molecule has 6 rings (SSSR count). The molecule has 1 saturated heterocycles. The zero-order chi connectivity index (χ0) is 26.3. The molecule has 12 nitrogen and oxygen atoms in total. The van der Waals surface area contributed by atoms with E-state index in [-0.39, 0.29) is 24.2 Å². The number of nitriles is 1. The first-order valence-electron chi connectivity index (χ1n) is 13.0. The van der Waals surface area contributed by atoms with Gasteiger partial charge in [-0.2, -0.15) is 5.26 Å². The number of aromatic nitrogens is 2. The summed E-state index contributed by atoms with van der Waals surface area (Å²) in [7, 11) is 0. The normalized spacial score (nSPS) is 24.7. The zero-order valence-corrected chi connectivity index (χ0v) is 21.0. The fourth-order valence-electron chi connectivity index (χ4n) is 5.18. The second-order valence-electron chi connectivity index (χ2n) is 10.6. The predicted molar refractivity (Wildman–Crippen MR) is 136 cm³/mol. The number of rotatable bonds is 9. The van der Waals surface area contributed by atoms with Crippen molar-refractivity contribution in [2.24, 2.45) is 11.7 Å². The van der Waals surface area contributed by atoms with E-state index in [4.69, 9.17) is 19.9 Å². The topological polar surface area (TPSA) is 168 Å². The third-order valence-corrected chi connectivity index (χ3v) is 7.55. The number of ether oxygens (including phenoxy) is 3. The van der Waals surface area contributed by atoms with E-state index in [1.165, 1.54) is 0 Å². The van der Waals surface area contributed by atoms with Gasteiger partial charge in [-0.05, 0) is 74.4 Å². The van der Waals surface area contributed by atoms with Crippen LogP contribution in [-0.4, -0.2) is 71.9 Å². The van der Waals surface area contributed by atoms with Crippen molar-refractivity contribution in [3.63, 3.8) is 0 Å². The molecule has 2 aromatic heterocycles. The molecule has 3 unspecified atom stereocenters. The molecule has 0 bridgehead atoms. The first-order chi connectivity index (χ1) is 18.4. The highest BCUT2D eigenvalue weighted by Crippen LogP contribution is 2.36. The Bertz CT molecular complexity index is 1280. The van der Waals surface area contributed by atoms with Crippen LogP contribution in [0.15, 0.2) is 18.3 Å². The van der Waals surface area contributed by atoms with E-state index < -0.39 is 6.41 Å². The average molecular weight is 522 g/mol. The van der Waals surface area contributed by atoms with Gasteiger partial charge in [0.2, 0.25) is 12.3 Å². The van der Waals surface area contributed by atoms with E-state index >= 15 is 0 Å². The molecular formula is C26H31N7O5. The second kappa shape index (κ2) is 9.99. The number of aliphatic hydroxyl groups is 1. The largest absolute Gasteiger partial charge is 0.480 e. The molecule has 38 heavy (non-hydrogen) atoms. The number of carbonyl (C=O) groups excluding carboxylic acids is 1. The van der Waals surface area contributed by atoms with Crippen LogP contribution in [0.2, 0.25) is 0 Å². The molecule has 0 spiro atoms. The van der Waals surface area contributed by atoms with E-state index in [1.54, 1.807) is 17.0 Å². The number of aliphatic hydroxyl groups excluding tert-OH is 1. The lowest BCUT2D eigenvalue weighted by atomic mass is 10.0. The Balaban J connectivity index is 0.976. The molecule has 1 saturated carbocycles. The Hall–Kier alpha value is -3.50. The Labute approximate surface area is 220 Å². The van der Waals surface area contributed by atoms with Crippen LogP contribution in [-0.2, 0) is 22.4 Å². The lowest BCUT2D eigenvalue weighted by Gasteiger charge is -2.22. The molecule has 200 valence electrons. The first-order valence-corrected chi connectivity index (χ1v) is 13.0. The number of carbonyl (C=O) groups is 1. The van der Waals surface area contributed by atoms with Crippen LogP contribution in [0, 0.1) is 17.2 Å². The van der Waals surface area contributed by atoms with E-state index in [0.29, 0.717) is 54.3 Å². The minimum atomic E-state index is -1.11. The average Bonchev–Trinajstić information content (AvgIpc) is 3.32. The molecule has 5 N–H and O–H groups in total. The highest BCUT2D eigenvalue weighted by molar-refractivity contribution is 5.94. The Kier molecular flexibility index (Phi) is 6.53. The Morgan fingerprint density at radius 3 is 3.05 bits per heavy atom. The summed E-state index contributed by atoms with van der Waals surface area (Å²) in [6, 6.07) is 5.75. The fourth-order valence-corrected chi connectivity index (χ4v) is 5.18. The highest BCUT2D eigenvalue weighted by Gasteiger charge is 2.40. The van der Waals surface area contributed by atoms with Crippen molar-refractivity contribution >= 4 is 17.5 Å². The van der Waals surface area contributed by atoms with Crippen molar-refractivity contribution in [3.8, 4) is 17.7 Å². The smallest absolute Gasteiger partial charge is 0.263 e. The van der Waals surface area contributed by atoms with Crippen LogP contribution in [0.3, 0.4) is 0 Å². The predicted octanol–water partition coefficient (Wildman–Crippen LogP) is 0.425. The number of nitrogens with two attached hydrogens (primary N) is 1. The first kappa shape index (κ1) is 24.8. The summed E-state index contributed by atoms with van der Waals surface area (Å²) in [5, 5.41) is 26.4. The van der Waals surface area contributed by atoms with Crippen LogP contribution in [0.1, 0.15) is 36.0 Å². The summed E-state index contributed by atoms with van der Waals surface area (Å²) in [6.07, 6.45) is 4.80. The number of anilines is 2. The lowest BCUT2D eigenvalue weighted by molar-refractivity contribution is -0.118. The molecule has 2 fully saturated rings. The van der Waals surface area contributed by atoms with Gasteiger partial charge in [-0.25, -0.2) is 9.97 Å². The second-order valence-corrected chi connectivity index (χ2v) is 10.6. The monoisotopic (exact) mass is 521 g/mol. The van der Waals surface area contributed by atoms with Crippen molar-refractivity contribution in [1.29, 1.82) is 5.26 Å². The summed E-state index contributed by atoms with van der Waals surface area (Å²) in [5.74, 6) is 1.84. The van der Waals surface area contributed by atoms with Crippen molar-refractivity contribution in [3.05, 3.63) is 35.0 Å². The number of nitrogens with one attached hydrogen (secondary N) is 2. The molecule has 1 amide bonds. The fraction of sp³-hybridized carbons (Fsp3) is 0.538. The number of fused-ring (bicyclic) bond motifs is 2. The van der Waals surface area contributed by atoms with Gasteiger partial charge in [0.05, 0.1) is 18.2 Å². The molecule has 0 radical (unpaired) electrons. The van der Waals surface area contributed by atoms with Crippen molar-refractivity contribution in [1.82, 2.24) is 15.3 Å². The van der Waals surface area contributed by atoms with Crippen LogP contribution in [0.4, 0.5) is 11.6 Å². The molecule has 4 aliphatic rings. The van der Waals surface area contributed by atoms with Gasteiger partial charge in [0.25, 0.3) is 5.91 Å². The third-order valence-electron chi connectivity index (χ3n) is 7.55. The molecular weight excluding hydrogens is 490 g/mol. The van der Waals surface area contributed by atoms with Gasteiger partial charge in [-0.15, -0.1) is 0 Å². The van der Waals surface area contributed by atoms with Crippen LogP contribution >= 0.6 is 0 Å². The molecule has 2 aliphatic heterocycles. The van der Waals surface area contributed by atoms with Gasteiger partial charge < -0.3 is 40.6 Å². The summed E-state index contributed by atoms with van der Waals surface area (Å²) < 4.78 is 16.9. The van der Waals surface area contributed by atoms with E-state index in [1.807, 2.05) is 6.20 Å². The number of hydrogen-bond acceptors (Lipinski definition) is 11. The van der Waals surface area contributed by atoms with Gasteiger partial charge in [0.1, 0.15) is 24.1 Å². The molecule has 3 atom stereocenters. The maximum Gasteiger partial charge on any atom is 0.263 e. The Morgan fingerprint density at radius 2 is 2.24 bits per heavy atom. The quantitative estimate of drug-likeness (QED) is 0.338. The molecule has 0 aromatic carbocycles. The number of pyridine rings is 2. The molecule has 2 aliphatic carbocycles. The summed E-state index contributed by atoms with van der Waals surface area (Å²) in [4.78, 5) is 22.1. The number of amides is 1. The van der Waals surface area contributed by atoms with Crippen molar-refractivity contribution < 1.29 is 24.1 Å². The summed E-state index contributed by atoms with van der Waals surface area (Å²) >= 11 is 0. The van der Waals surface area contributed by atoms with Gasteiger partial charge in [-0.3, -0.25) is 4.79 Å².